The fourth-order valence-electron chi connectivity index (χ4n) is 2.42. The van der Waals surface area contributed by atoms with Crippen molar-refractivity contribution in [2.24, 2.45) is 0 Å². The van der Waals surface area contributed by atoms with E-state index < -0.39 is 5.91 Å². The molecule has 8 nitrogen and oxygen atoms in total. The van der Waals surface area contributed by atoms with E-state index in [1.54, 1.807) is 25.1 Å². The molecular weight excluding hydrogens is 338 g/mol. The van der Waals surface area contributed by atoms with Crippen LogP contribution < -0.4 is 20.1 Å². The number of carbonyl (C=O) groups excluding carboxylic acids is 3. The molecule has 0 saturated heterocycles. The van der Waals surface area contributed by atoms with Crippen LogP contribution in [0.25, 0.3) is 0 Å². The Morgan fingerprint density at radius 1 is 1.15 bits per heavy atom. The SMILES string of the molecule is CCN(CC(=O)NC(C)(C)C)C(=O)CNC(=O)c1ccc2c(c1)OCO2. The van der Waals surface area contributed by atoms with Gasteiger partial charge in [-0.15, -0.1) is 0 Å². The molecule has 26 heavy (non-hydrogen) atoms. The highest BCUT2D eigenvalue weighted by Crippen LogP contribution is 2.32. The number of nitrogens with zero attached hydrogens (tertiary/aromatic N) is 1. The van der Waals surface area contributed by atoms with Gasteiger partial charge in [-0.25, -0.2) is 0 Å². The van der Waals surface area contributed by atoms with Crippen LogP contribution >= 0.6 is 0 Å². The van der Waals surface area contributed by atoms with Gasteiger partial charge in [0.1, 0.15) is 0 Å². The predicted molar refractivity (Wildman–Crippen MR) is 95.0 cm³/mol. The number of amides is 3. The van der Waals surface area contributed by atoms with E-state index in [0.29, 0.717) is 23.6 Å². The highest BCUT2D eigenvalue weighted by Gasteiger charge is 2.21. The van der Waals surface area contributed by atoms with E-state index in [1.165, 1.54) is 4.90 Å². The lowest BCUT2D eigenvalue weighted by molar-refractivity contribution is -0.135. The van der Waals surface area contributed by atoms with Crippen LogP contribution in [-0.4, -0.2) is 54.6 Å². The summed E-state index contributed by atoms with van der Waals surface area (Å²) in [5.74, 6) is 0.116. The molecular formula is C18H25N3O5. The summed E-state index contributed by atoms with van der Waals surface area (Å²) in [4.78, 5) is 37.9. The smallest absolute Gasteiger partial charge is 0.251 e. The Bertz CT molecular complexity index is 697. The number of benzene rings is 1. The number of hydrogen-bond donors (Lipinski definition) is 2. The van der Waals surface area contributed by atoms with Crippen molar-refractivity contribution in [2.45, 2.75) is 33.2 Å². The molecule has 0 bridgehead atoms. The van der Waals surface area contributed by atoms with Crippen molar-refractivity contribution in [3.05, 3.63) is 23.8 Å². The molecule has 1 aliphatic rings. The maximum Gasteiger partial charge on any atom is 0.251 e. The van der Waals surface area contributed by atoms with Crippen molar-refractivity contribution in [3.8, 4) is 11.5 Å². The van der Waals surface area contributed by atoms with Gasteiger partial charge < -0.3 is 25.0 Å². The maximum absolute atomic E-state index is 12.3. The zero-order valence-electron chi connectivity index (χ0n) is 15.5. The normalized spacial score (nSPS) is 12.5. The van der Waals surface area contributed by atoms with Gasteiger partial charge in [0.15, 0.2) is 11.5 Å². The second kappa shape index (κ2) is 8.07. The Balaban J connectivity index is 1.87. The largest absolute Gasteiger partial charge is 0.454 e. The molecule has 2 N–H and O–H groups in total. The summed E-state index contributed by atoms with van der Waals surface area (Å²) in [5.41, 5.74) is 0.00296. The second-order valence-electron chi connectivity index (χ2n) is 6.96. The molecule has 0 saturated carbocycles. The number of rotatable bonds is 6. The number of carbonyl (C=O) groups is 3. The van der Waals surface area contributed by atoms with Crippen LogP contribution in [0.4, 0.5) is 0 Å². The third kappa shape index (κ3) is 5.37. The van der Waals surface area contributed by atoms with E-state index in [4.69, 9.17) is 9.47 Å². The van der Waals surface area contributed by atoms with Crippen molar-refractivity contribution in [2.75, 3.05) is 26.4 Å². The minimum Gasteiger partial charge on any atom is -0.454 e. The van der Waals surface area contributed by atoms with Gasteiger partial charge in [-0.3, -0.25) is 14.4 Å². The van der Waals surface area contributed by atoms with Gasteiger partial charge in [-0.05, 0) is 45.9 Å². The first-order valence-corrected chi connectivity index (χ1v) is 8.46. The Kier molecular flexibility index (Phi) is 6.07. The molecule has 0 atom stereocenters. The molecule has 0 spiro atoms. The minimum atomic E-state index is -0.396. The minimum absolute atomic E-state index is 0.0491. The molecule has 0 aromatic heterocycles. The Morgan fingerprint density at radius 2 is 1.85 bits per heavy atom. The van der Waals surface area contributed by atoms with Gasteiger partial charge >= 0.3 is 0 Å². The van der Waals surface area contributed by atoms with Gasteiger partial charge in [0.05, 0.1) is 13.1 Å². The summed E-state index contributed by atoms with van der Waals surface area (Å²) in [6.07, 6.45) is 0. The lowest BCUT2D eigenvalue weighted by Gasteiger charge is -2.25. The number of fused-ring (bicyclic) bond motifs is 1. The number of nitrogens with one attached hydrogen (secondary N) is 2. The molecule has 2 rings (SSSR count). The van der Waals surface area contributed by atoms with Crippen molar-refractivity contribution in [1.29, 1.82) is 0 Å². The average Bonchev–Trinajstić information content (AvgIpc) is 3.03. The third-order valence-corrected chi connectivity index (χ3v) is 3.62. The van der Waals surface area contributed by atoms with Gasteiger partial charge in [-0.1, -0.05) is 0 Å². The molecule has 0 fully saturated rings. The van der Waals surface area contributed by atoms with Crippen molar-refractivity contribution < 1.29 is 23.9 Å². The number of likely N-dealkylation sites (N-methyl/N-ethyl adjacent to an activating group) is 1. The highest BCUT2D eigenvalue weighted by atomic mass is 16.7. The van der Waals surface area contributed by atoms with Crippen LogP contribution in [0.15, 0.2) is 18.2 Å². The summed E-state index contributed by atoms with van der Waals surface area (Å²) in [6.45, 7) is 7.65. The van der Waals surface area contributed by atoms with Crippen LogP contribution in [0.1, 0.15) is 38.1 Å². The quantitative estimate of drug-likeness (QED) is 0.783. The Morgan fingerprint density at radius 3 is 2.50 bits per heavy atom. The maximum atomic E-state index is 12.3. The van der Waals surface area contributed by atoms with E-state index in [0.717, 1.165) is 0 Å². The summed E-state index contributed by atoms with van der Waals surface area (Å²) < 4.78 is 10.4. The van der Waals surface area contributed by atoms with Crippen molar-refractivity contribution in [3.63, 3.8) is 0 Å². The van der Waals surface area contributed by atoms with E-state index in [1.807, 2.05) is 20.8 Å². The molecule has 0 radical (unpaired) electrons. The van der Waals surface area contributed by atoms with E-state index in [9.17, 15) is 14.4 Å². The van der Waals surface area contributed by atoms with Crippen LogP contribution in [0, 0.1) is 0 Å². The molecule has 3 amide bonds. The molecule has 1 aliphatic heterocycles. The molecule has 0 aliphatic carbocycles. The average molecular weight is 363 g/mol. The second-order valence-corrected chi connectivity index (χ2v) is 6.96. The van der Waals surface area contributed by atoms with Gasteiger partial charge in [-0.2, -0.15) is 0 Å². The summed E-state index contributed by atoms with van der Waals surface area (Å²) in [7, 11) is 0. The topological polar surface area (TPSA) is 97.0 Å². The fraction of sp³-hybridized carbons (Fsp3) is 0.500. The molecule has 0 unspecified atom stereocenters. The number of ether oxygens (including phenoxy) is 2. The van der Waals surface area contributed by atoms with E-state index in [-0.39, 0.29) is 37.2 Å². The monoisotopic (exact) mass is 363 g/mol. The van der Waals surface area contributed by atoms with E-state index in [2.05, 4.69) is 10.6 Å². The van der Waals surface area contributed by atoms with Gasteiger partial charge in [0.25, 0.3) is 5.91 Å². The van der Waals surface area contributed by atoms with E-state index >= 15 is 0 Å². The molecule has 1 aromatic carbocycles. The van der Waals surface area contributed by atoms with Crippen LogP contribution in [0.2, 0.25) is 0 Å². The third-order valence-electron chi connectivity index (χ3n) is 3.62. The zero-order chi connectivity index (χ0) is 19.3. The zero-order valence-corrected chi connectivity index (χ0v) is 15.5. The highest BCUT2D eigenvalue weighted by molar-refractivity contribution is 5.97. The fourth-order valence-corrected chi connectivity index (χ4v) is 2.42. The lowest BCUT2D eigenvalue weighted by atomic mass is 10.1. The van der Waals surface area contributed by atoms with Gasteiger partial charge in [0, 0.05) is 17.6 Å². The van der Waals surface area contributed by atoms with Gasteiger partial charge in [0.2, 0.25) is 18.6 Å². The van der Waals surface area contributed by atoms with Crippen molar-refractivity contribution >= 4 is 17.7 Å². The summed E-state index contributed by atoms with van der Waals surface area (Å²) in [5, 5.41) is 5.38. The van der Waals surface area contributed by atoms with Crippen LogP contribution in [-0.2, 0) is 9.59 Å². The molecule has 1 heterocycles. The van der Waals surface area contributed by atoms with Crippen LogP contribution in [0.3, 0.4) is 0 Å². The summed E-state index contributed by atoms with van der Waals surface area (Å²) >= 11 is 0. The van der Waals surface area contributed by atoms with Crippen molar-refractivity contribution in [1.82, 2.24) is 15.5 Å². The first-order chi connectivity index (χ1) is 12.2. The first-order valence-electron chi connectivity index (χ1n) is 8.46. The Hall–Kier alpha value is -2.77. The molecule has 142 valence electrons. The standard InChI is InChI=1S/C18H25N3O5/c1-5-21(10-15(22)20-18(2,3)4)16(23)9-19-17(24)12-6-7-13-14(8-12)26-11-25-13/h6-8H,5,9-11H2,1-4H3,(H,19,24)(H,20,22). The summed E-state index contributed by atoms with van der Waals surface area (Å²) in [6, 6.07) is 4.81. The lowest BCUT2D eigenvalue weighted by Crippen LogP contribution is -2.49. The molecule has 8 heteroatoms. The first kappa shape index (κ1) is 19.6. The molecule has 1 aromatic rings. The van der Waals surface area contributed by atoms with Crippen LogP contribution in [0.5, 0.6) is 11.5 Å². The Labute approximate surface area is 152 Å². The number of hydrogen-bond acceptors (Lipinski definition) is 5. The predicted octanol–water partition coefficient (Wildman–Crippen LogP) is 0.908.